The Morgan fingerprint density at radius 1 is 1.88 bits per heavy atom. The van der Waals surface area contributed by atoms with Gasteiger partial charge in [-0.3, -0.25) is 0 Å². The number of nitrogens with zero attached hydrogens (tertiary/aromatic N) is 1. The van der Waals surface area contributed by atoms with E-state index in [-0.39, 0.29) is 18.2 Å². The van der Waals surface area contributed by atoms with Crippen LogP contribution >= 0.6 is 12.4 Å². The maximum atomic E-state index is 7.89. The van der Waals surface area contributed by atoms with Crippen molar-refractivity contribution in [1.82, 2.24) is 5.32 Å². The highest BCUT2D eigenvalue weighted by atomic mass is 35.5. The predicted octanol–water partition coefficient (Wildman–Crippen LogP) is -0.626. The van der Waals surface area contributed by atoms with Crippen LogP contribution in [0.3, 0.4) is 0 Å². The van der Waals surface area contributed by atoms with E-state index in [4.69, 9.17) is 10.9 Å². The number of likely N-dealkylation sites (N-methyl/N-ethyl adjacent to an activating group) is 1. The molecule has 0 aromatic rings. The fourth-order valence-electron chi connectivity index (χ4n) is 0.216. The van der Waals surface area contributed by atoms with E-state index in [1.54, 1.807) is 7.05 Å². The summed E-state index contributed by atoms with van der Waals surface area (Å²) in [6.07, 6.45) is 0. The average Bonchev–Trinajstić information content (AvgIpc) is 1.68. The van der Waals surface area contributed by atoms with Gasteiger partial charge in [-0.25, -0.2) is 0 Å². The summed E-state index contributed by atoms with van der Waals surface area (Å²) in [6, 6.07) is 0. The molecule has 0 aliphatic carbocycles. The fourth-order valence-corrected chi connectivity index (χ4v) is 0.216. The van der Waals surface area contributed by atoms with Gasteiger partial charge in [0.1, 0.15) is 0 Å². The molecule has 0 saturated carbocycles. The maximum Gasteiger partial charge on any atom is 0.153 e. The van der Waals surface area contributed by atoms with Crippen molar-refractivity contribution in [3.63, 3.8) is 0 Å². The van der Waals surface area contributed by atoms with Gasteiger partial charge < -0.3 is 16.3 Å². The molecule has 0 aliphatic heterocycles. The average molecular weight is 140 g/mol. The Kier molecular flexibility index (Phi) is 8.55. The second kappa shape index (κ2) is 6.52. The monoisotopic (exact) mass is 139 g/mol. The molecule has 0 spiro atoms. The van der Waals surface area contributed by atoms with Gasteiger partial charge in [-0.05, 0) is 7.05 Å². The van der Waals surface area contributed by atoms with Crippen LogP contribution in [-0.2, 0) is 0 Å². The molecule has 0 atom stereocenters. The second-order valence-corrected chi connectivity index (χ2v) is 1.12. The zero-order chi connectivity index (χ0) is 5.70. The molecule has 0 aromatic carbocycles. The molecule has 0 saturated heterocycles. The van der Waals surface area contributed by atoms with Crippen molar-refractivity contribution in [2.24, 2.45) is 10.9 Å². The van der Waals surface area contributed by atoms with Crippen molar-refractivity contribution in [3.8, 4) is 0 Å². The third kappa shape index (κ3) is 5.52. The number of oxime groups is 1. The third-order valence-electron chi connectivity index (χ3n) is 0.486. The van der Waals surface area contributed by atoms with E-state index < -0.39 is 0 Å². The van der Waals surface area contributed by atoms with Crippen LogP contribution in [0.1, 0.15) is 0 Å². The number of amidine groups is 1. The summed E-state index contributed by atoms with van der Waals surface area (Å²) in [4.78, 5) is 0. The highest BCUT2D eigenvalue weighted by Crippen LogP contribution is 1.56. The van der Waals surface area contributed by atoms with Gasteiger partial charge in [0.15, 0.2) is 5.84 Å². The molecule has 0 fully saturated rings. The lowest BCUT2D eigenvalue weighted by molar-refractivity contribution is 0.317. The van der Waals surface area contributed by atoms with E-state index in [9.17, 15) is 0 Å². The summed E-state index contributed by atoms with van der Waals surface area (Å²) in [5.41, 5.74) is 5.02. The zero-order valence-corrected chi connectivity index (χ0v) is 5.40. The summed E-state index contributed by atoms with van der Waals surface area (Å²) >= 11 is 0. The molecule has 0 aliphatic rings. The molecule has 8 heavy (non-hydrogen) atoms. The normalized spacial score (nSPS) is 10.4. The van der Waals surface area contributed by atoms with E-state index in [2.05, 4.69) is 10.5 Å². The minimum Gasteiger partial charge on any atom is -0.409 e. The molecule has 0 rings (SSSR count). The molecule has 4 nitrogen and oxygen atoms in total. The van der Waals surface area contributed by atoms with Crippen LogP contribution in [0.2, 0.25) is 0 Å². The van der Waals surface area contributed by atoms with Crippen LogP contribution in [0.25, 0.3) is 0 Å². The predicted molar refractivity (Wildman–Crippen MR) is 34.6 cm³/mol. The van der Waals surface area contributed by atoms with Gasteiger partial charge in [0.05, 0.1) is 6.54 Å². The Morgan fingerprint density at radius 2 is 2.38 bits per heavy atom. The van der Waals surface area contributed by atoms with Crippen molar-refractivity contribution < 1.29 is 5.21 Å². The molecular weight excluding hydrogens is 130 g/mol. The molecular formula is C3H10ClN3O. The lowest BCUT2D eigenvalue weighted by atomic mass is 10.6. The van der Waals surface area contributed by atoms with Crippen molar-refractivity contribution in [3.05, 3.63) is 0 Å². The Labute approximate surface area is 54.2 Å². The molecule has 0 radical (unpaired) electrons. The Hall–Kier alpha value is -0.480. The number of hydrogen-bond acceptors (Lipinski definition) is 3. The van der Waals surface area contributed by atoms with Crippen LogP contribution < -0.4 is 11.1 Å². The topological polar surface area (TPSA) is 70.6 Å². The standard InChI is InChI=1S/C3H9N3O.ClH/c1-5-2-3(4)6-7;/h5,7H,2H2,1H3,(H2,4,6);1H. The number of hydrogen-bond donors (Lipinski definition) is 3. The van der Waals surface area contributed by atoms with Crippen molar-refractivity contribution in [1.29, 1.82) is 0 Å². The second-order valence-electron chi connectivity index (χ2n) is 1.12. The smallest absolute Gasteiger partial charge is 0.153 e. The van der Waals surface area contributed by atoms with Gasteiger partial charge in [-0.15, -0.1) is 12.4 Å². The minimum atomic E-state index is 0. The molecule has 4 N–H and O–H groups in total. The number of nitrogens with two attached hydrogens (primary N) is 1. The summed E-state index contributed by atoms with van der Waals surface area (Å²) in [5, 5.41) is 13.3. The van der Waals surface area contributed by atoms with Crippen LogP contribution in [0.15, 0.2) is 5.16 Å². The first-order chi connectivity index (χ1) is 3.31. The molecule has 0 unspecified atom stereocenters. The number of halogens is 1. The first kappa shape index (κ1) is 10.5. The van der Waals surface area contributed by atoms with E-state index in [0.717, 1.165) is 0 Å². The van der Waals surface area contributed by atoms with E-state index >= 15 is 0 Å². The fraction of sp³-hybridized carbons (Fsp3) is 0.667. The summed E-state index contributed by atoms with van der Waals surface area (Å²) in [5.74, 6) is 0.197. The van der Waals surface area contributed by atoms with Gasteiger partial charge in [0, 0.05) is 0 Å². The van der Waals surface area contributed by atoms with E-state index in [1.165, 1.54) is 0 Å². The van der Waals surface area contributed by atoms with Crippen molar-refractivity contribution in [2.45, 2.75) is 0 Å². The van der Waals surface area contributed by atoms with E-state index in [1.807, 2.05) is 0 Å². The van der Waals surface area contributed by atoms with Gasteiger partial charge >= 0.3 is 0 Å². The third-order valence-corrected chi connectivity index (χ3v) is 0.486. The molecule has 50 valence electrons. The summed E-state index contributed by atoms with van der Waals surface area (Å²) in [6.45, 7) is 0.427. The van der Waals surface area contributed by atoms with E-state index in [0.29, 0.717) is 6.54 Å². The largest absolute Gasteiger partial charge is 0.409 e. The van der Waals surface area contributed by atoms with Crippen LogP contribution in [0.4, 0.5) is 0 Å². The Balaban J connectivity index is 0. The molecule has 5 heteroatoms. The maximum absolute atomic E-state index is 7.89. The minimum absolute atomic E-state index is 0. The first-order valence-electron chi connectivity index (χ1n) is 1.92. The highest BCUT2D eigenvalue weighted by molar-refractivity contribution is 5.85. The lowest BCUT2D eigenvalue weighted by Gasteiger charge is -1.91. The molecule has 0 heterocycles. The van der Waals surface area contributed by atoms with Crippen LogP contribution in [-0.4, -0.2) is 24.6 Å². The van der Waals surface area contributed by atoms with Gasteiger partial charge in [0.2, 0.25) is 0 Å². The summed E-state index contributed by atoms with van der Waals surface area (Å²) < 4.78 is 0. The Morgan fingerprint density at radius 3 is 2.50 bits per heavy atom. The first-order valence-corrected chi connectivity index (χ1v) is 1.92. The molecule has 0 bridgehead atoms. The SMILES string of the molecule is CNC/C(N)=N/O.Cl. The molecule has 0 aromatic heterocycles. The van der Waals surface area contributed by atoms with Crippen molar-refractivity contribution >= 4 is 18.2 Å². The zero-order valence-electron chi connectivity index (χ0n) is 4.59. The highest BCUT2D eigenvalue weighted by Gasteiger charge is 1.83. The van der Waals surface area contributed by atoms with Crippen molar-refractivity contribution in [2.75, 3.05) is 13.6 Å². The quantitative estimate of drug-likeness (QED) is 0.207. The Bertz CT molecular complexity index is 74.9. The lowest BCUT2D eigenvalue weighted by Crippen LogP contribution is -2.25. The summed E-state index contributed by atoms with van der Waals surface area (Å²) in [7, 11) is 1.72. The van der Waals surface area contributed by atoms with Crippen LogP contribution in [0.5, 0.6) is 0 Å². The van der Waals surface area contributed by atoms with Gasteiger partial charge in [-0.1, -0.05) is 5.16 Å². The van der Waals surface area contributed by atoms with Gasteiger partial charge in [0.25, 0.3) is 0 Å². The van der Waals surface area contributed by atoms with Crippen LogP contribution in [0, 0.1) is 0 Å². The van der Waals surface area contributed by atoms with Gasteiger partial charge in [-0.2, -0.15) is 0 Å². The number of nitrogens with one attached hydrogen (secondary N) is 1. The number of rotatable bonds is 2. The molecule has 0 amide bonds.